The van der Waals surface area contributed by atoms with Crippen LogP contribution in [0, 0.1) is 0 Å². The second-order valence-electron chi connectivity index (χ2n) is 5.92. The molecular formula is C17H17F3N2O2. The number of aromatic nitrogens is 1. The Kier molecular flexibility index (Phi) is 4.59. The molecule has 128 valence electrons. The smallest absolute Gasteiger partial charge is 0.416 e. The molecule has 1 fully saturated rings. The molecule has 1 aromatic carbocycles. The molecule has 0 saturated heterocycles. The van der Waals surface area contributed by atoms with Gasteiger partial charge < -0.3 is 9.73 Å². The van der Waals surface area contributed by atoms with Crippen molar-refractivity contribution in [3.63, 3.8) is 0 Å². The van der Waals surface area contributed by atoms with Gasteiger partial charge in [0.05, 0.1) is 5.56 Å². The van der Waals surface area contributed by atoms with Crippen molar-refractivity contribution in [1.82, 2.24) is 10.3 Å². The predicted octanol–water partition coefficient (Wildman–Crippen LogP) is 4.42. The molecule has 24 heavy (non-hydrogen) atoms. The number of oxazole rings is 1. The number of alkyl halides is 3. The van der Waals surface area contributed by atoms with Crippen LogP contribution in [-0.2, 0) is 6.18 Å². The van der Waals surface area contributed by atoms with Crippen LogP contribution >= 0.6 is 0 Å². The predicted molar refractivity (Wildman–Crippen MR) is 81.3 cm³/mol. The van der Waals surface area contributed by atoms with Crippen molar-refractivity contribution in [2.45, 2.75) is 44.3 Å². The summed E-state index contributed by atoms with van der Waals surface area (Å²) in [6, 6.07) is 4.62. The molecule has 0 aliphatic heterocycles. The summed E-state index contributed by atoms with van der Waals surface area (Å²) in [4.78, 5) is 16.2. The van der Waals surface area contributed by atoms with Crippen molar-refractivity contribution in [2.75, 3.05) is 0 Å². The van der Waals surface area contributed by atoms with Crippen molar-refractivity contribution in [3.8, 4) is 11.5 Å². The third kappa shape index (κ3) is 3.77. The number of hydrogen-bond donors (Lipinski definition) is 1. The molecule has 0 spiro atoms. The Morgan fingerprint density at radius 1 is 1.12 bits per heavy atom. The lowest BCUT2D eigenvalue weighted by atomic mass is 9.95. The van der Waals surface area contributed by atoms with Gasteiger partial charge in [0, 0.05) is 11.6 Å². The summed E-state index contributed by atoms with van der Waals surface area (Å²) in [7, 11) is 0. The Labute approximate surface area is 137 Å². The molecule has 0 radical (unpaired) electrons. The Balaban J connectivity index is 1.69. The quantitative estimate of drug-likeness (QED) is 0.901. The van der Waals surface area contributed by atoms with Gasteiger partial charge in [0.25, 0.3) is 5.91 Å². The summed E-state index contributed by atoms with van der Waals surface area (Å²) in [5.74, 6) is -0.193. The summed E-state index contributed by atoms with van der Waals surface area (Å²) in [6.45, 7) is 0. The lowest BCUT2D eigenvalue weighted by Crippen LogP contribution is -2.36. The number of nitrogens with one attached hydrogen (secondary N) is 1. The Bertz CT molecular complexity index is 701. The van der Waals surface area contributed by atoms with Gasteiger partial charge in [0.2, 0.25) is 5.89 Å². The van der Waals surface area contributed by atoms with Crippen LogP contribution in [0.15, 0.2) is 34.9 Å². The van der Waals surface area contributed by atoms with E-state index in [0.29, 0.717) is 5.56 Å². The molecule has 1 N–H and O–H groups in total. The molecule has 2 aromatic rings. The molecule has 0 bridgehead atoms. The van der Waals surface area contributed by atoms with E-state index in [1.165, 1.54) is 24.8 Å². The fraction of sp³-hybridized carbons (Fsp3) is 0.412. The number of halogens is 3. The molecular weight excluding hydrogens is 321 g/mol. The summed E-state index contributed by atoms with van der Waals surface area (Å²) in [5, 5.41) is 2.92. The van der Waals surface area contributed by atoms with Gasteiger partial charge in [-0.05, 0) is 37.1 Å². The molecule has 1 aromatic heterocycles. The van der Waals surface area contributed by atoms with E-state index in [1.54, 1.807) is 0 Å². The van der Waals surface area contributed by atoms with Crippen LogP contribution in [0.5, 0.6) is 0 Å². The maximum atomic E-state index is 12.6. The van der Waals surface area contributed by atoms with E-state index in [9.17, 15) is 18.0 Å². The zero-order valence-electron chi connectivity index (χ0n) is 12.9. The molecule has 0 unspecified atom stereocenters. The maximum Gasteiger partial charge on any atom is 0.416 e. The molecule has 1 aliphatic rings. The number of nitrogens with zero attached hydrogens (tertiary/aromatic N) is 1. The van der Waals surface area contributed by atoms with Crippen molar-refractivity contribution in [1.29, 1.82) is 0 Å². The van der Waals surface area contributed by atoms with Gasteiger partial charge in [-0.1, -0.05) is 19.3 Å². The number of amides is 1. The summed E-state index contributed by atoms with van der Waals surface area (Å²) in [6.07, 6.45) is 2.13. The second-order valence-corrected chi connectivity index (χ2v) is 5.92. The van der Waals surface area contributed by atoms with E-state index >= 15 is 0 Å². The van der Waals surface area contributed by atoms with E-state index in [-0.39, 0.29) is 23.5 Å². The Morgan fingerprint density at radius 3 is 2.42 bits per heavy atom. The van der Waals surface area contributed by atoms with E-state index in [2.05, 4.69) is 10.3 Å². The first-order chi connectivity index (χ1) is 11.4. The van der Waals surface area contributed by atoms with Gasteiger partial charge in [0.1, 0.15) is 6.26 Å². The van der Waals surface area contributed by atoms with Gasteiger partial charge in [-0.3, -0.25) is 4.79 Å². The van der Waals surface area contributed by atoms with Crippen LogP contribution in [-0.4, -0.2) is 16.9 Å². The fourth-order valence-electron chi connectivity index (χ4n) is 2.82. The van der Waals surface area contributed by atoms with Crippen molar-refractivity contribution in [3.05, 3.63) is 41.8 Å². The van der Waals surface area contributed by atoms with Crippen molar-refractivity contribution < 1.29 is 22.4 Å². The molecule has 0 atom stereocenters. The molecule has 1 heterocycles. The number of benzene rings is 1. The molecule has 4 nitrogen and oxygen atoms in total. The largest absolute Gasteiger partial charge is 0.444 e. The van der Waals surface area contributed by atoms with Crippen LogP contribution in [0.4, 0.5) is 13.2 Å². The first-order valence-electron chi connectivity index (χ1n) is 7.87. The van der Waals surface area contributed by atoms with Crippen molar-refractivity contribution in [2.24, 2.45) is 0 Å². The molecule has 3 rings (SSSR count). The minimum absolute atomic E-state index is 0.123. The zero-order valence-corrected chi connectivity index (χ0v) is 12.9. The second kappa shape index (κ2) is 6.67. The van der Waals surface area contributed by atoms with Gasteiger partial charge in [-0.2, -0.15) is 13.2 Å². The topological polar surface area (TPSA) is 55.1 Å². The monoisotopic (exact) mass is 338 g/mol. The Hall–Kier alpha value is -2.31. The van der Waals surface area contributed by atoms with Crippen molar-refractivity contribution >= 4 is 5.91 Å². The highest BCUT2D eigenvalue weighted by molar-refractivity contribution is 5.92. The van der Waals surface area contributed by atoms with Crippen LogP contribution in [0.1, 0.15) is 48.2 Å². The first-order valence-corrected chi connectivity index (χ1v) is 7.87. The zero-order chi connectivity index (χ0) is 17.2. The van der Waals surface area contributed by atoms with Crippen LogP contribution in [0.25, 0.3) is 11.5 Å². The van der Waals surface area contributed by atoms with E-state index in [0.717, 1.165) is 37.8 Å². The van der Waals surface area contributed by atoms with Gasteiger partial charge in [-0.25, -0.2) is 4.98 Å². The number of carbonyl (C=O) groups is 1. The minimum atomic E-state index is -4.39. The average molecular weight is 338 g/mol. The van der Waals surface area contributed by atoms with Crippen LogP contribution < -0.4 is 5.32 Å². The van der Waals surface area contributed by atoms with Gasteiger partial charge in [-0.15, -0.1) is 0 Å². The van der Waals surface area contributed by atoms with E-state index in [1.807, 2.05) is 0 Å². The number of carbonyl (C=O) groups excluding carboxylic acids is 1. The van der Waals surface area contributed by atoms with Crippen LogP contribution in [0.3, 0.4) is 0 Å². The fourth-order valence-corrected chi connectivity index (χ4v) is 2.82. The summed E-state index contributed by atoms with van der Waals surface area (Å²) >= 11 is 0. The third-order valence-electron chi connectivity index (χ3n) is 4.14. The normalized spacial score (nSPS) is 16.1. The lowest BCUT2D eigenvalue weighted by Gasteiger charge is -2.22. The lowest BCUT2D eigenvalue weighted by molar-refractivity contribution is -0.137. The standard InChI is InChI=1S/C17H17F3N2O2/c18-17(19,20)12-8-6-11(7-9-12)16-22-14(10-24-16)15(23)21-13-4-2-1-3-5-13/h6-10,13H,1-5H2,(H,21,23). The van der Waals surface area contributed by atoms with Gasteiger partial charge in [0.15, 0.2) is 5.69 Å². The van der Waals surface area contributed by atoms with Crippen LogP contribution in [0.2, 0.25) is 0 Å². The minimum Gasteiger partial charge on any atom is -0.444 e. The third-order valence-corrected chi connectivity index (χ3v) is 4.14. The Morgan fingerprint density at radius 2 is 1.79 bits per heavy atom. The molecule has 1 saturated carbocycles. The highest BCUT2D eigenvalue weighted by Crippen LogP contribution is 2.30. The SMILES string of the molecule is O=C(NC1CCCCC1)c1coc(-c2ccc(C(F)(F)F)cc2)n1. The molecule has 7 heteroatoms. The van der Waals surface area contributed by atoms with E-state index < -0.39 is 11.7 Å². The summed E-state index contributed by atoms with van der Waals surface area (Å²) < 4.78 is 42.9. The summed E-state index contributed by atoms with van der Waals surface area (Å²) in [5.41, 5.74) is -0.219. The number of rotatable bonds is 3. The average Bonchev–Trinajstić information content (AvgIpc) is 3.05. The highest BCUT2D eigenvalue weighted by atomic mass is 19.4. The first kappa shape index (κ1) is 16.5. The molecule has 1 aliphatic carbocycles. The van der Waals surface area contributed by atoms with Gasteiger partial charge >= 0.3 is 6.18 Å². The molecule has 1 amide bonds. The maximum absolute atomic E-state index is 12.6. The number of hydrogen-bond acceptors (Lipinski definition) is 3. The van der Waals surface area contributed by atoms with E-state index in [4.69, 9.17) is 4.42 Å². The highest BCUT2D eigenvalue weighted by Gasteiger charge is 2.30.